The Morgan fingerprint density at radius 2 is 1.46 bits per heavy atom. The zero-order valence-corrected chi connectivity index (χ0v) is 26.3. The fourth-order valence-electron chi connectivity index (χ4n) is 7.07. The number of rotatable bonds is 6. The molecular weight excluding hydrogens is 610 g/mol. The van der Waals surface area contributed by atoms with E-state index in [0.29, 0.717) is 56.8 Å². The average Bonchev–Trinajstić information content (AvgIpc) is 3.26. The lowest BCUT2D eigenvalue weighted by Crippen LogP contribution is -2.27. The van der Waals surface area contributed by atoms with Crippen LogP contribution in [0, 0.1) is 18.8 Å². The number of hydrogen-bond acceptors (Lipinski definition) is 9. The number of hydrogen-bond donors (Lipinski definition) is 2. The first-order chi connectivity index (χ1) is 23.3. The third kappa shape index (κ3) is 5.11. The lowest BCUT2D eigenvalue weighted by Gasteiger charge is -2.19. The predicted molar refractivity (Wildman–Crippen MR) is 173 cm³/mol. The monoisotopic (exact) mass is 643 g/mol. The molecule has 2 fully saturated rings. The summed E-state index contributed by atoms with van der Waals surface area (Å²) in [4.78, 5) is 49.4. The molecule has 0 radical (unpaired) electrons. The van der Waals surface area contributed by atoms with Crippen molar-refractivity contribution in [2.24, 2.45) is 11.8 Å². The molecule has 2 atom stereocenters. The van der Waals surface area contributed by atoms with Gasteiger partial charge in [-0.15, -0.1) is 0 Å². The van der Waals surface area contributed by atoms with Gasteiger partial charge in [0.2, 0.25) is 5.91 Å². The number of carbonyl (C=O) groups is 3. The molecular formula is C35H33N9O4. The van der Waals surface area contributed by atoms with E-state index < -0.39 is 11.9 Å². The number of nitrogens with one attached hydrogen (secondary N) is 2. The number of carbonyl (C=O) groups excluding carboxylic acids is 3. The first-order valence-electron chi connectivity index (χ1n) is 16.2. The summed E-state index contributed by atoms with van der Waals surface area (Å²) >= 11 is 0. The predicted octanol–water partition coefficient (Wildman–Crippen LogP) is 3.56. The molecule has 1 saturated heterocycles. The Labute approximate surface area is 275 Å². The van der Waals surface area contributed by atoms with Crippen LogP contribution in [0.4, 0.5) is 11.4 Å². The third-order valence-corrected chi connectivity index (χ3v) is 9.87. The van der Waals surface area contributed by atoms with Crippen LogP contribution in [0.5, 0.6) is 0 Å². The number of amides is 1. The van der Waals surface area contributed by atoms with E-state index in [9.17, 15) is 14.4 Å². The second-order valence-corrected chi connectivity index (χ2v) is 13.2. The Morgan fingerprint density at radius 3 is 2.00 bits per heavy atom. The Balaban J connectivity index is 0.846. The summed E-state index contributed by atoms with van der Waals surface area (Å²) in [5.74, 6) is 0.755. The molecule has 48 heavy (non-hydrogen) atoms. The normalized spacial score (nSPS) is 18.7. The van der Waals surface area contributed by atoms with Gasteiger partial charge in [-0.05, 0) is 59.7 Å². The molecule has 0 bridgehead atoms. The summed E-state index contributed by atoms with van der Waals surface area (Å²) in [6, 6.07) is 14.4. The number of anilines is 2. The van der Waals surface area contributed by atoms with Crippen LogP contribution in [0.2, 0.25) is 0 Å². The number of nitrogens with zero attached hydrogens (tertiary/aromatic N) is 7. The van der Waals surface area contributed by atoms with Gasteiger partial charge in [0.1, 0.15) is 11.6 Å². The standard InChI is InChI=1S/C35H33N9O4/c1-20-6-7-38-44(20)14-22-3-5-24-16-42-19-30(40-32(42)12-37-28(24)9-22)35(47)48-34(46)29-18-41-15-23-4-2-21(8-27(23)36-11-31(41)39-29)13-43-17-25-10-26(25)33(43)45/h2-9,18-19,25-26,36-37H,10-17H2,1H3. The molecule has 9 rings (SSSR count). The number of aromatic nitrogens is 6. The molecule has 13 nitrogen and oxygen atoms in total. The van der Waals surface area contributed by atoms with Gasteiger partial charge in [-0.2, -0.15) is 5.10 Å². The van der Waals surface area contributed by atoms with Crippen LogP contribution in [0.1, 0.15) is 67.0 Å². The number of benzene rings is 2. The summed E-state index contributed by atoms with van der Waals surface area (Å²) in [7, 11) is 0. The van der Waals surface area contributed by atoms with E-state index in [1.54, 1.807) is 18.6 Å². The van der Waals surface area contributed by atoms with Crippen LogP contribution in [-0.2, 0) is 48.8 Å². The van der Waals surface area contributed by atoms with Crippen LogP contribution in [0.15, 0.2) is 61.1 Å². The van der Waals surface area contributed by atoms with Crippen LogP contribution in [0.25, 0.3) is 0 Å². The van der Waals surface area contributed by atoms with Gasteiger partial charge in [0.05, 0.1) is 32.7 Å². The molecule has 2 unspecified atom stereocenters. The number of esters is 2. The van der Waals surface area contributed by atoms with Crippen molar-refractivity contribution in [3.63, 3.8) is 0 Å². The quantitative estimate of drug-likeness (QED) is 0.210. The van der Waals surface area contributed by atoms with E-state index in [4.69, 9.17) is 4.74 Å². The third-order valence-electron chi connectivity index (χ3n) is 9.87. The highest BCUT2D eigenvalue weighted by atomic mass is 16.6. The number of piperidine rings is 1. The fourth-order valence-corrected chi connectivity index (χ4v) is 7.07. The number of likely N-dealkylation sites (tertiary alicyclic amines) is 1. The van der Waals surface area contributed by atoms with Crippen LogP contribution in [0.3, 0.4) is 0 Å². The zero-order chi connectivity index (χ0) is 32.5. The molecule has 6 heterocycles. The number of imidazole rings is 2. The molecule has 1 amide bonds. The maximum Gasteiger partial charge on any atom is 0.366 e. The summed E-state index contributed by atoms with van der Waals surface area (Å²) in [5.41, 5.74) is 7.53. The Hall–Kier alpha value is -5.72. The lowest BCUT2D eigenvalue weighted by molar-refractivity contribution is -0.130. The minimum Gasteiger partial charge on any atom is -0.383 e. The highest BCUT2D eigenvalue weighted by Crippen LogP contribution is 2.46. The minimum atomic E-state index is -0.823. The van der Waals surface area contributed by atoms with E-state index >= 15 is 0 Å². The molecule has 1 saturated carbocycles. The fraction of sp³-hybridized carbons (Fsp3) is 0.314. The van der Waals surface area contributed by atoms with E-state index in [-0.39, 0.29) is 23.2 Å². The van der Waals surface area contributed by atoms with Crippen molar-refractivity contribution in [1.29, 1.82) is 0 Å². The number of ether oxygens (including phenoxy) is 1. The number of fused-ring (bicyclic) bond motifs is 5. The first-order valence-corrected chi connectivity index (χ1v) is 16.2. The van der Waals surface area contributed by atoms with Gasteiger partial charge in [0, 0.05) is 54.7 Å². The Bertz CT molecular complexity index is 2140. The Morgan fingerprint density at radius 1 is 0.854 bits per heavy atom. The second-order valence-electron chi connectivity index (χ2n) is 13.2. The molecule has 0 spiro atoms. The van der Waals surface area contributed by atoms with Crippen molar-refractivity contribution >= 4 is 29.2 Å². The van der Waals surface area contributed by atoms with E-state index in [1.807, 2.05) is 37.8 Å². The van der Waals surface area contributed by atoms with Gasteiger partial charge in [-0.25, -0.2) is 19.6 Å². The highest BCUT2D eigenvalue weighted by Gasteiger charge is 2.51. The van der Waals surface area contributed by atoms with Crippen LogP contribution >= 0.6 is 0 Å². The van der Waals surface area contributed by atoms with Gasteiger partial charge in [0.15, 0.2) is 11.4 Å². The summed E-state index contributed by atoms with van der Waals surface area (Å²) in [5, 5.41) is 11.2. The topological polar surface area (TPSA) is 141 Å². The molecule has 2 N–H and O–H groups in total. The van der Waals surface area contributed by atoms with E-state index in [2.05, 4.69) is 56.0 Å². The maximum absolute atomic E-state index is 13.0. The molecule has 1 aliphatic carbocycles. The van der Waals surface area contributed by atoms with Crippen LogP contribution in [-0.4, -0.2) is 58.2 Å². The highest BCUT2D eigenvalue weighted by molar-refractivity contribution is 6.00. The van der Waals surface area contributed by atoms with E-state index in [0.717, 1.165) is 52.3 Å². The number of aryl methyl sites for hydroxylation is 1. The lowest BCUT2D eigenvalue weighted by atomic mass is 10.1. The smallest absolute Gasteiger partial charge is 0.366 e. The first kappa shape index (κ1) is 28.5. The maximum atomic E-state index is 13.0. The Kier molecular flexibility index (Phi) is 6.49. The molecule has 2 aromatic carbocycles. The summed E-state index contributed by atoms with van der Waals surface area (Å²) in [6.07, 6.45) is 6.09. The van der Waals surface area contributed by atoms with Crippen molar-refractivity contribution in [2.75, 3.05) is 17.2 Å². The average molecular weight is 644 g/mol. The van der Waals surface area contributed by atoms with Crippen molar-refractivity contribution in [3.8, 4) is 0 Å². The van der Waals surface area contributed by atoms with Gasteiger partial charge in [0.25, 0.3) is 0 Å². The van der Waals surface area contributed by atoms with Gasteiger partial charge in [-0.1, -0.05) is 24.3 Å². The summed E-state index contributed by atoms with van der Waals surface area (Å²) in [6.45, 7) is 6.02. The van der Waals surface area contributed by atoms with Crippen molar-refractivity contribution in [2.45, 2.75) is 52.6 Å². The van der Waals surface area contributed by atoms with E-state index in [1.165, 1.54) is 0 Å². The van der Waals surface area contributed by atoms with Gasteiger partial charge < -0.3 is 29.4 Å². The molecule has 13 heteroatoms. The molecule has 242 valence electrons. The molecule has 3 aliphatic heterocycles. The zero-order valence-electron chi connectivity index (χ0n) is 26.3. The van der Waals surface area contributed by atoms with Crippen LogP contribution < -0.4 is 10.6 Å². The largest absolute Gasteiger partial charge is 0.383 e. The SMILES string of the molecule is Cc1ccnn1Cc1ccc2c(c1)NCc1nc(C(=O)OC(=O)c3cn4c(n3)CNc3cc(CN5CC6CC6C5=O)ccc3C4)cn1C2. The van der Waals surface area contributed by atoms with Gasteiger partial charge in [-0.3, -0.25) is 9.48 Å². The van der Waals surface area contributed by atoms with Crippen molar-refractivity contribution in [3.05, 3.63) is 112 Å². The molecule has 5 aromatic rings. The molecule has 3 aromatic heterocycles. The second kappa shape index (κ2) is 10.9. The minimum absolute atomic E-state index is 0.0591. The van der Waals surface area contributed by atoms with Gasteiger partial charge >= 0.3 is 11.9 Å². The van der Waals surface area contributed by atoms with Crippen molar-refractivity contribution < 1.29 is 19.1 Å². The van der Waals surface area contributed by atoms with Crippen molar-refractivity contribution in [1.82, 2.24) is 33.8 Å². The summed E-state index contributed by atoms with van der Waals surface area (Å²) < 4.78 is 11.0. The molecule has 4 aliphatic rings.